The molecule has 5 amide bonds. The second-order valence-electron chi connectivity index (χ2n) is 10.3. The van der Waals surface area contributed by atoms with Crippen LogP contribution in [0.25, 0.3) is 5.65 Å². The molecule has 0 bridgehead atoms. The van der Waals surface area contributed by atoms with Crippen molar-refractivity contribution in [2.45, 2.75) is 62.9 Å². The van der Waals surface area contributed by atoms with Gasteiger partial charge in [-0.2, -0.15) is 5.10 Å². The van der Waals surface area contributed by atoms with E-state index >= 15 is 0 Å². The first-order valence-electron chi connectivity index (χ1n) is 12.7. The second-order valence-corrected chi connectivity index (χ2v) is 10.3. The van der Waals surface area contributed by atoms with Gasteiger partial charge in [0.05, 0.1) is 17.9 Å². The van der Waals surface area contributed by atoms with Gasteiger partial charge in [-0.15, -0.1) is 0 Å². The molecule has 1 saturated carbocycles. The van der Waals surface area contributed by atoms with Crippen LogP contribution < -0.4 is 0 Å². The van der Waals surface area contributed by atoms with Crippen molar-refractivity contribution in [3.8, 4) is 0 Å². The summed E-state index contributed by atoms with van der Waals surface area (Å²) in [5.74, 6) is -0.704. The molecule has 36 heavy (non-hydrogen) atoms. The average Bonchev–Trinajstić information content (AvgIpc) is 3.40. The van der Waals surface area contributed by atoms with Crippen molar-refractivity contribution in [1.82, 2.24) is 34.2 Å². The summed E-state index contributed by atoms with van der Waals surface area (Å²) < 4.78 is 1.63. The lowest BCUT2D eigenvalue weighted by atomic mass is 9.81. The Bertz CT molecular complexity index is 1220. The van der Waals surface area contributed by atoms with Crippen molar-refractivity contribution in [3.05, 3.63) is 29.7 Å². The van der Waals surface area contributed by atoms with Crippen LogP contribution in [0.5, 0.6) is 0 Å². The molecule has 0 aromatic carbocycles. The van der Waals surface area contributed by atoms with Crippen LogP contribution in [0.1, 0.15) is 73.5 Å². The Morgan fingerprint density at radius 1 is 1.11 bits per heavy atom. The van der Waals surface area contributed by atoms with Crippen LogP contribution in [0.15, 0.2) is 18.5 Å². The molecule has 1 atom stereocenters. The van der Waals surface area contributed by atoms with Crippen molar-refractivity contribution >= 4 is 29.4 Å². The Hall–Kier alpha value is -3.50. The number of piperidine rings is 1. The zero-order valence-corrected chi connectivity index (χ0v) is 21.1. The molecular weight excluding hydrogens is 462 g/mol. The largest absolute Gasteiger partial charge is 0.345 e. The van der Waals surface area contributed by atoms with Crippen molar-refractivity contribution in [1.29, 1.82) is 0 Å². The standard InChI is InChI=1S/C25H33N7O4/c1-28(2)22(34)17-15-27-32-19(10-13-26-21(17)32)18-9-5-8-14-30(18)20(33)16-31-23(35)25(29(3)24(31)36)11-6-4-7-12-25/h10,13,15,18H,4-9,11-12,14,16H2,1-3H3/t18-/m0/s1. The van der Waals surface area contributed by atoms with Crippen molar-refractivity contribution in [3.63, 3.8) is 0 Å². The highest BCUT2D eigenvalue weighted by molar-refractivity contribution is 6.09. The Morgan fingerprint density at radius 3 is 2.58 bits per heavy atom. The Balaban J connectivity index is 1.42. The molecule has 3 fully saturated rings. The molecule has 1 spiro atoms. The fraction of sp³-hybridized carbons (Fsp3) is 0.600. The molecule has 0 unspecified atom stereocenters. The number of nitrogens with zero attached hydrogens (tertiary/aromatic N) is 7. The molecule has 0 N–H and O–H groups in total. The van der Waals surface area contributed by atoms with Gasteiger partial charge in [0.2, 0.25) is 5.91 Å². The van der Waals surface area contributed by atoms with Gasteiger partial charge in [-0.05, 0) is 38.2 Å². The maximum absolute atomic E-state index is 13.6. The number of amides is 5. The van der Waals surface area contributed by atoms with Gasteiger partial charge >= 0.3 is 6.03 Å². The van der Waals surface area contributed by atoms with E-state index in [0.29, 0.717) is 37.0 Å². The highest BCUT2D eigenvalue weighted by atomic mass is 16.2. The number of aromatic nitrogens is 3. The van der Waals surface area contributed by atoms with Crippen LogP contribution in [-0.4, -0.2) is 97.7 Å². The van der Waals surface area contributed by atoms with E-state index in [1.807, 2.05) is 6.07 Å². The number of imide groups is 1. The third kappa shape index (κ3) is 3.72. The van der Waals surface area contributed by atoms with Crippen LogP contribution in [0, 0.1) is 0 Å². The minimum atomic E-state index is -0.807. The number of carbonyl (C=O) groups is 4. The molecule has 5 rings (SSSR count). The van der Waals surface area contributed by atoms with E-state index in [2.05, 4.69) is 10.1 Å². The van der Waals surface area contributed by atoms with E-state index in [1.165, 1.54) is 11.1 Å². The van der Waals surface area contributed by atoms with E-state index in [-0.39, 0.29) is 30.3 Å². The third-order valence-electron chi connectivity index (χ3n) is 8.01. The Kier molecular flexibility index (Phi) is 6.17. The smallest absolute Gasteiger partial charge is 0.327 e. The molecule has 4 heterocycles. The lowest BCUT2D eigenvalue weighted by molar-refractivity contribution is -0.142. The molecule has 1 aliphatic carbocycles. The van der Waals surface area contributed by atoms with E-state index in [4.69, 9.17) is 0 Å². The SMILES string of the molecule is CN(C)C(=O)c1cnn2c([C@@H]3CCCCN3C(=O)CN3C(=O)N(C)C4(CCCCC4)C3=O)ccnc12. The van der Waals surface area contributed by atoms with Gasteiger partial charge in [0, 0.05) is 33.9 Å². The third-order valence-corrected chi connectivity index (χ3v) is 8.01. The molecule has 2 aromatic heterocycles. The van der Waals surface area contributed by atoms with Crippen molar-refractivity contribution in [2.24, 2.45) is 0 Å². The number of fused-ring (bicyclic) bond motifs is 1. The quantitative estimate of drug-likeness (QED) is 0.601. The molecule has 11 heteroatoms. The summed E-state index contributed by atoms with van der Waals surface area (Å²) in [7, 11) is 5.03. The zero-order valence-electron chi connectivity index (χ0n) is 21.1. The lowest BCUT2D eigenvalue weighted by Crippen LogP contribution is -2.50. The molecule has 2 aliphatic heterocycles. The minimum absolute atomic E-state index is 0.196. The van der Waals surface area contributed by atoms with Crippen LogP contribution in [-0.2, 0) is 9.59 Å². The number of hydrogen-bond donors (Lipinski definition) is 0. The van der Waals surface area contributed by atoms with Crippen LogP contribution >= 0.6 is 0 Å². The monoisotopic (exact) mass is 495 g/mol. The summed E-state index contributed by atoms with van der Waals surface area (Å²) in [4.78, 5) is 62.9. The second kappa shape index (κ2) is 9.18. The fourth-order valence-corrected chi connectivity index (χ4v) is 5.99. The summed E-state index contributed by atoms with van der Waals surface area (Å²) >= 11 is 0. The van der Waals surface area contributed by atoms with Gasteiger partial charge in [0.25, 0.3) is 11.8 Å². The Morgan fingerprint density at radius 2 is 1.86 bits per heavy atom. The van der Waals surface area contributed by atoms with Gasteiger partial charge in [-0.25, -0.2) is 14.3 Å². The van der Waals surface area contributed by atoms with Crippen molar-refractivity contribution in [2.75, 3.05) is 34.2 Å². The van der Waals surface area contributed by atoms with E-state index in [0.717, 1.165) is 42.7 Å². The lowest BCUT2D eigenvalue weighted by Gasteiger charge is -2.37. The average molecular weight is 496 g/mol. The predicted octanol–water partition coefficient (Wildman–Crippen LogP) is 2.08. The number of urea groups is 1. The minimum Gasteiger partial charge on any atom is -0.345 e. The number of carbonyl (C=O) groups excluding carboxylic acids is 4. The maximum atomic E-state index is 13.6. The fourth-order valence-electron chi connectivity index (χ4n) is 5.99. The number of likely N-dealkylation sites (tertiary alicyclic amines) is 1. The van der Waals surface area contributed by atoms with Gasteiger partial charge in [-0.3, -0.25) is 19.3 Å². The molecule has 2 aromatic rings. The number of likely N-dealkylation sites (N-methyl/N-ethyl adjacent to an activating group) is 1. The van der Waals surface area contributed by atoms with E-state index in [1.54, 1.807) is 41.7 Å². The summed E-state index contributed by atoms with van der Waals surface area (Å²) in [6.07, 6.45) is 9.77. The highest BCUT2D eigenvalue weighted by Gasteiger charge is 2.56. The number of hydrogen-bond acceptors (Lipinski definition) is 6. The van der Waals surface area contributed by atoms with Crippen LogP contribution in [0.3, 0.4) is 0 Å². The van der Waals surface area contributed by atoms with E-state index < -0.39 is 11.6 Å². The van der Waals surface area contributed by atoms with Crippen LogP contribution in [0.4, 0.5) is 4.79 Å². The van der Waals surface area contributed by atoms with Gasteiger partial charge < -0.3 is 14.7 Å². The van der Waals surface area contributed by atoms with Gasteiger partial charge in [0.15, 0.2) is 5.65 Å². The summed E-state index contributed by atoms with van der Waals surface area (Å²) in [6.45, 7) is 0.257. The molecular formula is C25H33N7O4. The number of rotatable bonds is 4. The van der Waals surface area contributed by atoms with Crippen molar-refractivity contribution < 1.29 is 19.2 Å². The Labute approximate surface area is 210 Å². The first-order valence-corrected chi connectivity index (χ1v) is 12.7. The first-order chi connectivity index (χ1) is 17.3. The molecule has 0 radical (unpaired) electrons. The van der Waals surface area contributed by atoms with E-state index in [9.17, 15) is 19.2 Å². The predicted molar refractivity (Wildman–Crippen MR) is 130 cm³/mol. The molecule has 2 saturated heterocycles. The normalized spacial score (nSPS) is 22.1. The summed E-state index contributed by atoms with van der Waals surface area (Å²) in [5.41, 5.74) is 0.781. The van der Waals surface area contributed by atoms with Gasteiger partial charge in [-0.1, -0.05) is 19.3 Å². The van der Waals surface area contributed by atoms with Crippen LogP contribution in [0.2, 0.25) is 0 Å². The molecule has 11 nitrogen and oxygen atoms in total. The topological polar surface area (TPSA) is 111 Å². The zero-order chi connectivity index (χ0) is 25.6. The summed E-state index contributed by atoms with van der Waals surface area (Å²) in [6, 6.07) is 1.12. The summed E-state index contributed by atoms with van der Waals surface area (Å²) in [5, 5.41) is 4.43. The van der Waals surface area contributed by atoms with Gasteiger partial charge in [0.1, 0.15) is 17.6 Å². The molecule has 192 valence electrons. The maximum Gasteiger partial charge on any atom is 0.327 e. The molecule has 3 aliphatic rings. The highest BCUT2D eigenvalue weighted by Crippen LogP contribution is 2.40. The first kappa shape index (κ1) is 24.2.